The van der Waals surface area contributed by atoms with Crippen molar-refractivity contribution in [3.8, 4) is 0 Å². The molecule has 4 nitrogen and oxygen atoms in total. The van der Waals surface area contributed by atoms with Gasteiger partial charge in [0.15, 0.2) is 0 Å². The minimum Gasteiger partial charge on any atom is -0.481 e. The summed E-state index contributed by atoms with van der Waals surface area (Å²) in [7, 11) is 0. The molecule has 118 valence electrons. The van der Waals surface area contributed by atoms with Crippen LogP contribution in [0.3, 0.4) is 0 Å². The highest BCUT2D eigenvalue weighted by atomic mass is 16.4. The van der Waals surface area contributed by atoms with Crippen molar-refractivity contribution in [3.05, 3.63) is 35.9 Å². The second-order valence-electron chi connectivity index (χ2n) is 6.55. The Bertz CT molecular complexity index is 557. The largest absolute Gasteiger partial charge is 0.481 e. The molecule has 3 rings (SSSR count). The molecule has 1 aliphatic heterocycles. The average molecular weight is 301 g/mol. The number of carbonyl (C=O) groups excluding carboxylic acids is 1. The van der Waals surface area contributed by atoms with Crippen LogP contribution in [-0.4, -0.2) is 34.5 Å². The summed E-state index contributed by atoms with van der Waals surface area (Å²) in [5.74, 6) is -0.589. The van der Waals surface area contributed by atoms with Gasteiger partial charge in [0.05, 0.1) is 5.41 Å². The molecule has 0 radical (unpaired) electrons. The van der Waals surface area contributed by atoms with Crippen molar-refractivity contribution in [2.75, 3.05) is 6.54 Å². The van der Waals surface area contributed by atoms with Gasteiger partial charge in [0.1, 0.15) is 0 Å². The molecule has 1 aromatic carbocycles. The predicted molar refractivity (Wildman–Crippen MR) is 83.4 cm³/mol. The van der Waals surface area contributed by atoms with Crippen molar-refractivity contribution < 1.29 is 14.7 Å². The Morgan fingerprint density at radius 3 is 2.73 bits per heavy atom. The molecule has 0 bridgehead atoms. The fraction of sp³-hybridized carbons (Fsp3) is 0.556. The first-order valence-electron chi connectivity index (χ1n) is 8.20. The zero-order valence-corrected chi connectivity index (χ0v) is 12.8. The number of hydrogen-bond acceptors (Lipinski definition) is 2. The maximum atomic E-state index is 12.4. The average Bonchev–Trinajstić information content (AvgIpc) is 2.55. The summed E-state index contributed by atoms with van der Waals surface area (Å²) < 4.78 is 0. The van der Waals surface area contributed by atoms with Gasteiger partial charge in [0.25, 0.3) is 0 Å². The Morgan fingerprint density at radius 2 is 2.00 bits per heavy atom. The van der Waals surface area contributed by atoms with Gasteiger partial charge in [-0.25, -0.2) is 0 Å². The summed E-state index contributed by atoms with van der Waals surface area (Å²) in [5.41, 5.74) is 0.487. The minimum atomic E-state index is -0.714. The molecule has 1 heterocycles. The Labute approximate surface area is 131 Å². The van der Waals surface area contributed by atoms with Crippen LogP contribution in [0.25, 0.3) is 0 Å². The number of hydrogen-bond donors (Lipinski definition) is 1. The van der Waals surface area contributed by atoms with E-state index in [1.807, 2.05) is 23.1 Å². The summed E-state index contributed by atoms with van der Waals surface area (Å²) in [6, 6.07) is 9.96. The first-order chi connectivity index (χ1) is 10.6. The van der Waals surface area contributed by atoms with E-state index in [2.05, 4.69) is 12.1 Å². The first-order valence-corrected chi connectivity index (χ1v) is 8.20. The van der Waals surface area contributed by atoms with E-state index in [1.54, 1.807) is 0 Å². The molecule has 1 N–H and O–H groups in total. The minimum absolute atomic E-state index is 0.122. The van der Waals surface area contributed by atoms with Gasteiger partial charge >= 0.3 is 5.97 Å². The third-order valence-electron chi connectivity index (χ3n) is 5.38. The van der Waals surface area contributed by atoms with E-state index in [0.717, 1.165) is 25.7 Å². The number of piperidine rings is 1. The monoisotopic (exact) mass is 301 g/mol. The highest BCUT2D eigenvalue weighted by Gasteiger charge is 2.53. The van der Waals surface area contributed by atoms with Gasteiger partial charge in [0, 0.05) is 19.0 Å². The number of carboxylic acid groups (broad SMARTS) is 1. The van der Waals surface area contributed by atoms with E-state index < -0.39 is 11.4 Å². The zero-order valence-electron chi connectivity index (χ0n) is 12.8. The molecule has 0 aromatic heterocycles. The lowest BCUT2D eigenvalue weighted by atomic mass is 9.65. The number of rotatable bonds is 4. The molecular weight excluding hydrogens is 278 g/mol. The van der Waals surface area contributed by atoms with Crippen molar-refractivity contribution in [3.63, 3.8) is 0 Å². The summed E-state index contributed by atoms with van der Waals surface area (Å²) >= 11 is 0. The highest BCUT2D eigenvalue weighted by molar-refractivity contribution is 5.83. The molecule has 1 aliphatic carbocycles. The molecule has 1 amide bonds. The van der Waals surface area contributed by atoms with Gasteiger partial charge in [-0.3, -0.25) is 9.59 Å². The molecule has 0 unspecified atom stereocenters. The molecule has 1 saturated carbocycles. The lowest BCUT2D eigenvalue weighted by molar-refractivity contribution is -0.166. The molecule has 22 heavy (non-hydrogen) atoms. The molecule has 1 aromatic rings. The maximum absolute atomic E-state index is 12.4. The fourth-order valence-electron chi connectivity index (χ4n) is 4.15. The van der Waals surface area contributed by atoms with Crippen molar-refractivity contribution in [1.82, 2.24) is 4.90 Å². The van der Waals surface area contributed by atoms with Crippen LogP contribution in [0.4, 0.5) is 0 Å². The first kappa shape index (κ1) is 15.1. The number of aliphatic carboxylic acids is 1. The third-order valence-corrected chi connectivity index (χ3v) is 5.38. The lowest BCUT2D eigenvalue weighted by Crippen LogP contribution is -2.59. The van der Waals surface area contributed by atoms with Crippen molar-refractivity contribution in [2.45, 2.75) is 51.0 Å². The van der Waals surface area contributed by atoms with Crippen LogP contribution in [-0.2, 0) is 16.0 Å². The van der Waals surface area contributed by atoms with Gasteiger partial charge < -0.3 is 10.0 Å². The van der Waals surface area contributed by atoms with E-state index in [4.69, 9.17) is 0 Å². The third kappa shape index (κ3) is 2.62. The van der Waals surface area contributed by atoms with Crippen LogP contribution in [0.15, 0.2) is 30.3 Å². The van der Waals surface area contributed by atoms with Crippen molar-refractivity contribution in [1.29, 1.82) is 0 Å². The van der Waals surface area contributed by atoms with Crippen LogP contribution in [0.2, 0.25) is 0 Å². The molecule has 2 atom stereocenters. The van der Waals surface area contributed by atoms with E-state index in [0.29, 0.717) is 25.8 Å². The number of amides is 1. The molecule has 2 aliphatic rings. The molecule has 2 fully saturated rings. The highest BCUT2D eigenvalue weighted by Crippen LogP contribution is 2.46. The topological polar surface area (TPSA) is 57.6 Å². The Morgan fingerprint density at radius 1 is 1.23 bits per heavy atom. The number of nitrogens with zero attached hydrogens (tertiary/aromatic N) is 1. The van der Waals surface area contributed by atoms with Crippen LogP contribution in [0, 0.1) is 5.41 Å². The van der Waals surface area contributed by atoms with Crippen LogP contribution in [0.1, 0.15) is 44.1 Å². The zero-order chi connectivity index (χ0) is 15.6. The summed E-state index contributed by atoms with van der Waals surface area (Å²) in [6.07, 6.45) is 5.19. The fourth-order valence-corrected chi connectivity index (χ4v) is 4.15. The Kier molecular flexibility index (Phi) is 4.19. The van der Waals surface area contributed by atoms with E-state index in [1.165, 1.54) is 5.56 Å². The maximum Gasteiger partial charge on any atom is 0.311 e. The van der Waals surface area contributed by atoms with Gasteiger partial charge in [-0.05, 0) is 31.2 Å². The van der Waals surface area contributed by atoms with Gasteiger partial charge in [-0.1, -0.05) is 43.2 Å². The SMILES string of the molecule is O=C1CC[C@@]2(C(=O)O)CCCC[C@@H]2N1CCc1ccccc1. The quantitative estimate of drug-likeness (QED) is 0.930. The van der Waals surface area contributed by atoms with E-state index in [9.17, 15) is 14.7 Å². The number of carboxylic acids is 1. The van der Waals surface area contributed by atoms with Crippen molar-refractivity contribution in [2.24, 2.45) is 5.41 Å². The van der Waals surface area contributed by atoms with Crippen LogP contribution < -0.4 is 0 Å². The summed E-state index contributed by atoms with van der Waals surface area (Å²) in [4.78, 5) is 26.1. The molecular formula is C18H23NO3. The van der Waals surface area contributed by atoms with Crippen molar-refractivity contribution >= 4 is 11.9 Å². The number of fused-ring (bicyclic) bond motifs is 1. The molecule has 0 spiro atoms. The molecule has 1 saturated heterocycles. The Balaban J connectivity index is 1.78. The number of benzene rings is 1. The second-order valence-corrected chi connectivity index (χ2v) is 6.55. The van der Waals surface area contributed by atoms with Gasteiger partial charge in [-0.2, -0.15) is 0 Å². The predicted octanol–water partition coefficient (Wildman–Crippen LogP) is 2.87. The van der Waals surface area contributed by atoms with E-state index in [-0.39, 0.29) is 11.9 Å². The standard InChI is InChI=1S/C18H23NO3/c20-16-9-12-18(17(21)22)11-5-4-8-15(18)19(16)13-10-14-6-2-1-3-7-14/h1-3,6-7,15H,4-5,8-13H2,(H,21,22)/t15-,18-/m0/s1. The van der Waals surface area contributed by atoms with Gasteiger partial charge in [0.2, 0.25) is 5.91 Å². The number of likely N-dealkylation sites (tertiary alicyclic amines) is 1. The summed E-state index contributed by atoms with van der Waals surface area (Å²) in [6.45, 7) is 0.628. The number of carbonyl (C=O) groups is 2. The molecule has 4 heteroatoms. The van der Waals surface area contributed by atoms with Gasteiger partial charge in [-0.15, -0.1) is 0 Å². The van der Waals surface area contributed by atoms with Crippen LogP contribution >= 0.6 is 0 Å². The van der Waals surface area contributed by atoms with E-state index >= 15 is 0 Å². The lowest BCUT2D eigenvalue weighted by Gasteiger charge is -2.50. The second kappa shape index (κ2) is 6.11. The smallest absolute Gasteiger partial charge is 0.311 e. The van der Waals surface area contributed by atoms with Crippen LogP contribution in [0.5, 0.6) is 0 Å². The Hall–Kier alpha value is -1.84. The summed E-state index contributed by atoms with van der Waals surface area (Å²) in [5, 5.41) is 9.78. The normalized spacial score (nSPS) is 28.3.